The van der Waals surface area contributed by atoms with Crippen molar-refractivity contribution in [2.45, 2.75) is 19.3 Å². The molecule has 0 rings (SSSR count). The van der Waals surface area contributed by atoms with E-state index in [4.69, 9.17) is 0 Å². The van der Waals surface area contributed by atoms with Gasteiger partial charge in [-0.15, -0.1) is 0 Å². The number of halogens is 1. The molecule has 0 aliphatic carbocycles. The molecule has 86 valence electrons. The molecule has 6 heteroatoms. The lowest BCUT2D eigenvalue weighted by Gasteiger charge is -1.96. The molecule has 0 unspecified atom stereocenters. The smallest absolute Gasteiger partial charge is 0.147 e. The van der Waals surface area contributed by atoms with Crippen LogP contribution >= 0.6 is 12.2 Å². The molecule has 0 amide bonds. The van der Waals surface area contributed by atoms with Crippen molar-refractivity contribution >= 4 is 27.2 Å². The van der Waals surface area contributed by atoms with Crippen molar-refractivity contribution in [3.8, 4) is 0 Å². The molecule has 0 aromatic heterocycles. The Morgan fingerprint density at radius 3 is 2.80 bits per heavy atom. The largest absolute Gasteiger partial charge is 0.233 e. The van der Waals surface area contributed by atoms with Gasteiger partial charge in [0.05, 0.1) is 16.7 Å². The average molecular weight is 251 g/mol. The molecule has 0 saturated carbocycles. The number of aliphatic imine (C=N–C) groups is 1. The lowest BCUT2D eigenvalue weighted by atomic mass is 10.2. The Kier molecular flexibility index (Phi) is 7.38. The van der Waals surface area contributed by atoms with Crippen LogP contribution in [0.3, 0.4) is 0 Å². The minimum atomic E-state index is -3.08. The third kappa shape index (κ3) is 11.3. The van der Waals surface area contributed by atoms with Gasteiger partial charge in [0.1, 0.15) is 9.84 Å². The van der Waals surface area contributed by atoms with Gasteiger partial charge in [-0.2, -0.15) is 0 Å². The number of hydrogen-bond acceptors (Lipinski definition) is 4. The van der Waals surface area contributed by atoms with Gasteiger partial charge in [-0.1, -0.05) is 6.08 Å². The van der Waals surface area contributed by atoms with E-state index in [-0.39, 0.29) is 18.0 Å². The van der Waals surface area contributed by atoms with Crippen molar-refractivity contribution < 1.29 is 12.8 Å². The highest BCUT2D eigenvalue weighted by molar-refractivity contribution is 7.90. The van der Waals surface area contributed by atoms with E-state index in [0.29, 0.717) is 19.4 Å². The van der Waals surface area contributed by atoms with E-state index in [1.165, 1.54) is 6.08 Å². The summed E-state index contributed by atoms with van der Waals surface area (Å²) in [5, 5.41) is 2.22. The molecule has 0 heterocycles. The van der Waals surface area contributed by atoms with Gasteiger partial charge >= 0.3 is 0 Å². The van der Waals surface area contributed by atoms with Gasteiger partial charge in [0.25, 0.3) is 0 Å². The Bertz CT molecular complexity index is 356. The molecule has 0 saturated heterocycles. The van der Waals surface area contributed by atoms with E-state index < -0.39 is 9.84 Å². The van der Waals surface area contributed by atoms with Crippen LogP contribution in [0.5, 0.6) is 0 Å². The number of sulfone groups is 1. The van der Waals surface area contributed by atoms with Crippen LogP contribution in [0.25, 0.3) is 0 Å². The van der Waals surface area contributed by atoms with Crippen LogP contribution < -0.4 is 0 Å². The monoisotopic (exact) mass is 251 g/mol. The molecule has 0 N–H and O–H groups in total. The minimum absolute atomic E-state index is 0.0464. The number of hydrogen-bond donors (Lipinski definition) is 0. The Morgan fingerprint density at radius 1 is 1.60 bits per heavy atom. The number of rotatable bonds is 7. The molecule has 0 fully saturated rings. The highest BCUT2D eigenvalue weighted by atomic mass is 32.2. The van der Waals surface area contributed by atoms with Crippen molar-refractivity contribution in [1.29, 1.82) is 0 Å². The molecule has 0 spiro atoms. The van der Waals surface area contributed by atoms with E-state index in [9.17, 15) is 12.8 Å². The SMILES string of the molecule is CS(=O)(=O)CC/C(F)=C/CCCN=C=S. The number of unbranched alkanes of at least 4 members (excludes halogenated alkanes) is 1. The first-order valence-electron chi connectivity index (χ1n) is 4.51. The van der Waals surface area contributed by atoms with Crippen molar-refractivity contribution in [1.82, 2.24) is 0 Å². The van der Waals surface area contributed by atoms with E-state index >= 15 is 0 Å². The summed E-state index contributed by atoms with van der Waals surface area (Å²) in [7, 11) is -3.08. The molecule has 0 bridgehead atoms. The van der Waals surface area contributed by atoms with Crippen LogP contribution in [-0.4, -0.2) is 32.1 Å². The molecule has 3 nitrogen and oxygen atoms in total. The maximum Gasteiger partial charge on any atom is 0.147 e. The summed E-state index contributed by atoms with van der Waals surface area (Å²) in [5.74, 6) is -0.528. The van der Waals surface area contributed by atoms with Crippen molar-refractivity contribution in [3.63, 3.8) is 0 Å². The first kappa shape index (κ1) is 14.4. The summed E-state index contributed by atoms with van der Waals surface area (Å²) in [6.45, 7) is 0.527. The van der Waals surface area contributed by atoms with Gasteiger partial charge < -0.3 is 0 Å². The lowest BCUT2D eigenvalue weighted by Crippen LogP contribution is -2.02. The highest BCUT2D eigenvalue weighted by Crippen LogP contribution is 2.07. The molecule has 0 aliphatic heterocycles. The van der Waals surface area contributed by atoms with Crippen LogP contribution in [0, 0.1) is 0 Å². The number of isothiocyanates is 1. The molecule has 0 aromatic rings. The Labute approximate surface area is 95.0 Å². The fraction of sp³-hybridized carbons (Fsp3) is 0.667. The summed E-state index contributed by atoms with van der Waals surface area (Å²) >= 11 is 4.36. The van der Waals surface area contributed by atoms with Crippen molar-refractivity contribution in [2.24, 2.45) is 4.99 Å². The fourth-order valence-corrected chi connectivity index (χ4v) is 1.52. The summed E-state index contributed by atoms with van der Waals surface area (Å²) in [6.07, 6.45) is 3.67. The standard InChI is InChI=1S/C9H14FNO2S2/c1-15(12,13)7-5-9(10)4-2-3-6-11-8-14/h4H,2-3,5-7H2,1H3/b9-4-. The van der Waals surface area contributed by atoms with Gasteiger partial charge in [0, 0.05) is 19.2 Å². The molecular formula is C9H14FNO2S2. The number of allylic oxidation sites excluding steroid dienone is 2. The number of thiocarbonyl (C=S) groups is 1. The van der Waals surface area contributed by atoms with Gasteiger partial charge in [0.2, 0.25) is 0 Å². The Hall–Kier alpha value is -0.580. The normalized spacial score (nSPS) is 12.3. The van der Waals surface area contributed by atoms with Gasteiger partial charge in [-0.3, -0.25) is 0 Å². The van der Waals surface area contributed by atoms with E-state index in [0.717, 1.165) is 6.26 Å². The zero-order chi connectivity index (χ0) is 11.7. The topological polar surface area (TPSA) is 46.5 Å². The maximum absolute atomic E-state index is 13.0. The third-order valence-corrected chi connectivity index (χ3v) is 2.69. The Morgan fingerprint density at radius 2 is 2.27 bits per heavy atom. The number of nitrogens with zero attached hydrogens (tertiary/aromatic N) is 1. The first-order valence-corrected chi connectivity index (χ1v) is 6.98. The van der Waals surface area contributed by atoms with Crippen molar-refractivity contribution in [2.75, 3.05) is 18.6 Å². The summed E-state index contributed by atoms with van der Waals surface area (Å²) in [6, 6.07) is 0. The van der Waals surface area contributed by atoms with E-state index in [1.54, 1.807) is 0 Å². The van der Waals surface area contributed by atoms with Crippen LogP contribution in [0.15, 0.2) is 16.9 Å². The minimum Gasteiger partial charge on any atom is -0.233 e. The summed E-state index contributed by atoms with van der Waals surface area (Å²) in [4.78, 5) is 3.67. The van der Waals surface area contributed by atoms with Gasteiger partial charge in [-0.05, 0) is 25.1 Å². The van der Waals surface area contributed by atoms with Crippen LogP contribution in [0.4, 0.5) is 4.39 Å². The van der Waals surface area contributed by atoms with E-state index in [1.807, 2.05) is 0 Å². The zero-order valence-electron chi connectivity index (χ0n) is 8.57. The second kappa shape index (κ2) is 7.68. The molecular weight excluding hydrogens is 237 g/mol. The fourth-order valence-electron chi connectivity index (χ4n) is 0.860. The molecule has 0 radical (unpaired) electrons. The third-order valence-electron chi connectivity index (χ3n) is 1.62. The molecule has 0 aromatic carbocycles. The van der Waals surface area contributed by atoms with E-state index in [2.05, 4.69) is 22.4 Å². The predicted molar refractivity (Wildman–Crippen MR) is 62.6 cm³/mol. The van der Waals surface area contributed by atoms with Crippen LogP contribution in [0.1, 0.15) is 19.3 Å². The summed E-state index contributed by atoms with van der Waals surface area (Å²) < 4.78 is 34.4. The highest BCUT2D eigenvalue weighted by Gasteiger charge is 2.03. The van der Waals surface area contributed by atoms with Gasteiger partial charge in [-0.25, -0.2) is 17.8 Å². The second-order valence-electron chi connectivity index (χ2n) is 3.15. The quantitative estimate of drug-likeness (QED) is 0.396. The van der Waals surface area contributed by atoms with Gasteiger partial charge in [0.15, 0.2) is 0 Å². The zero-order valence-corrected chi connectivity index (χ0v) is 10.2. The predicted octanol–water partition coefficient (Wildman–Crippen LogP) is 2.16. The van der Waals surface area contributed by atoms with Crippen LogP contribution in [-0.2, 0) is 9.84 Å². The Balaban J connectivity index is 3.75. The average Bonchev–Trinajstić information content (AvgIpc) is 2.13. The van der Waals surface area contributed by atoms with Crippen LogP contribution in [0.2, 0.25) is 0 Å². The maximum atomic E-state index is 13.0. The first-order chi connectivity index (χ1) is 6.95. The molecule has 0 atom stereocenters. The lowest BCUT2D eigenvalue weighted by molar-refractivity contribution is 0.577. The second-order valence-corrected chi connectivity index (χ2v) is 5.59. The molecule has 0 aliphatic rings. The molecule has 15 heavy (non-hydrogen) atoms. The summed E-state index contributed by atoms with van der Waals surface area (Å²) in [5.41, 5.74) is 0. The van der Waals surface area contributed by atoms with Crippen molar-refractivity contribution in [3.05, 3.63) is 11.9 Å².